The van der Waals surface area contributed by atoms with Crippen molar-refractivity contribution in [2.75, 3.05) is 19.7 Å². The zero-order valence-corrected chi connectivity index (χ0v) is 14.3. The van der Waals surface area contributed by atoms with Crippen molar-refractivity contribution in [3.8, 4) is 5.75 Å². The molecule has 1 aromatic carbocycles. The second kappa shape index (κ2) is 8.28. The van der Waals surface area contributed by atoms with E-state index in [1.54, 1.807) is 0 Å². The molecular weight excluding hydrogens is 370 g/mol. The topological polar surface area (TPSA) is 21.3 Å². The third kappa shape index (κ3) is 5.09. The molecule has 0 heterocycles. The minimum atomic E-state index is 0.702. The van der Waals surface area contributed by atoms with Gasteiger partial charge in [-0.1, -0.05) is 25.3 Å². The van der Waals surface area contributed by atoms with Crippen LogP contribution in [0.2, 0.25) is 0 Å². The molecule has 0 atom stereocenters. The first-order valence-corrected chi connectivity index (χ1v) is 8.63. The molecule has 1 aliphatic rings. The highest BCUT2D eigenvalue weighted by Gasteiger charge is 2.12. The zero-order chi connectivity index (χ0) is 13.5. The lowest BCUT2D eigenvalue weighted by molar-refractivity contribution is 0.292. The molecule has 0 aliphatic heterocycles. The number of halogens is 2. The average molecular weight is 391 g/mol. The number of benzene rings is 1. The number of rotatable bonds is 6. The molecule has 0 unspecified atom stereocenters. The van der Waals surface area contributed by atoms with Gasteiger partial charge in [0.05, 0.1) is 8.95 Å². The summed E-state index contributed by atoms with van der Waals surface area (Å²) in [5.41, 5.74) is 0. The molecule has 1 saturated carbocycles. The Morgan fingerprint density at radius 2 is 1.79 bits per heavy atom. The molecule has 106 valence electrons. The average Bonchev–Trinajstić information content (AvgIpc) is 2.42. The molecule has 0 saturated heterocycles. The van der Waals surface area contributed by atoms with E-state index < -0.39 is 0 Å². The lowest BCUT2D eigenvalue weighted by Gasteiger charge is -2.21. The monoisotopic (exact) mass is 389 g/mol. The van der Waals surface area contributed by atoms with Crippen molar-refractivity contribution >= 4 is 31.9 Å². The van der Waals surface area contributed by atoms with Crippen LogP contribution in [0, 0.1) is 5.92 Å². The van der Waals surface area contributed by atoms with E-state index in [0.717, 1.165) is 33.7 Å². The van der Waals surface area contributed by atoms with Gasteiger partial charge in [-0.05, 0) is 69.3 Å². The number of ether oxygens (including phenoxy) is 1. The highest BCUT2D eigenvalue weighted by Crippen LogP contribution is 2.32. The van der Waals surface area contributed by atoms with E-state index in [0.29, 0.717) is 6.61 Å². The first-order chi connectivity index (χ1) is 9.27. The van der Waals surface area contributed by atoms with Crippen LogP contribution in [-0.2, 0) is 0 Å². The molecule has 4 heteroatoms. The van der Waals surface area contributed by atoms with Crippen LogP contribution in [0.4, 0.5) is 0 Å². The highest BCUT2D eigenvalue weighted by molar-refractivity contribution is 9.11. The molecule has 1 N–H and O–H groups in total. The summed E-state index contributed by atoms with van der Waals surface area (Å²) >= 11 is 7.01. The van der Waals surface area contributed by atoms with Crippen molar-refractivity contribution in [2.24, 2.45) is 5.92 Å². The van der Waals surface area contributed by atoms with Gasteiger partial charge in [0.1, 0.15) is 12.4 Å². The van der Waals surface area contributed by atoms with Crippen LogP contribution in [0.3, 0.4) is 0 Å². The number of hydrogen-bond acceptors (Lipinski definition) is 2. The van der Waals surface area contributed by atoms with Crippen LogP contribution in [0.5, 0.6) is 5.75 Å². The molecule has 0 bridgehead atoms. The summed E-state index contributed by atoms with van der Waals surface area (Å²) in [4.78, 5) is 0. The van der Waals surface area contributed by atoms with Crippen molar-refractivity contribution in [1.29, 1.82) is 0 Å². The summed E-state index contributed by atoms with van der Waals surface area (Å²) in [6, 6.07) is 5.98. The van der Waals surface area contributed by atoms with E-state index in [4.69, 9.17) is 4.74 Å². The van der Waals surface area contributed by atoms with Gasteiger partial charge in [0.2, 0.25) is 0 Å². The lowest BCUT2D eigenvalue weighted by atomic mass is 9.89. The Morgan fingerprint density at radius 3 is 2.47 bits per heavy atom. The van der Waals surface area contributed by atoms with Crippen LogP contribution in [0.25, 0.3) is 0 Å². The minimum Gasteiger partial charge on any atom is -0.490 e. The Hall–Kier alpha value is -0.0600. The van der Waals surface area contributed by atoms with Crippen molar-refractivity contribution in [3.05, 3.63) is 27.1 Å². The molecule has 19 heavy (non-hydrogen) atoms. The molecule has 1 aromatic rings. The Bertz CT molecular complexity index is 371. The van der Waals surface area contributed by atoms with Gasteiger partial charge in [0.25, 0.3) is 0 Å². The van der Waals surface area contributed by atoms with Gasteiger partial charge in [-0.15, -0.1) is 0 Å². The Labute approximate surface area is 132 Å². The molecule has 0 spiro atoms. The predicted molar refractivity (Wildman–Crippen MR) is 86.8 cm³/mol. The number of hydrogen-bond donors (Lipinski definition) is 1. The van der Waals surface area contributed by atoms with E-state index in [2.05, 4.69) is 37.2 Å². The molecule has 0 aromatic heterocycles. The zero-order valence-electron chi connectivity index (χ0n) is 11.1. The van der Waals surface area contributed by atoms with Crippen molar-refractivity contribution in [3.63, 3.8) is 0 Å². The molecular formula is C15H21Br2NO. The van der Waals surface area contributed by atoms with E-state index in [1.165, 1.54) is 32.1 Å². The van der Waals surface area contributed by atoms with Crippen molar-refractivity contribution in [2.45, 2.75) is 32.1 Å². The quantitative estimate of drug-likeness (QED) is 0.707. The van der Waals surface area contributed by atoms with Gasteiger partial charge in [-0.3, -0.25) is 0 Å². The third-order valence-electron chi connectivity index (χ3n) is 3.60. The fourth-order valence-electron chi connectivity index (χ4n) is 2.54. The normalized spacial score (nSPS) is 16.5. The Morgan fingerprint density at radius 1 is 1.11 bits per heavy atom. The summed E-state index contributed by atoms with van der Waals surface area (Å²) in [6.45, 7) is 2.75. The van der Waals surface area contributed by atoms with Crippen LogP contribution in [0.15, 0.2) is 27.1 Å². The number of nitrogens with one attached hydrogen (secondary N) is 1. The largest absolute Gasteiger partial charge is 0.490 e. The van der Waals surface area contributed by atoms with Crippen molar-refractivity contribution in [1.82, 2.24) is 5.32 Å². The van der Waals surface area contributed by atoms with Gasteiger partial charge in [-0.25, -0.2) is 0 Å². The second-order valence-corrected chi connectivity index (χ2v) is 6.82. The standard InChI is InChI=1S/C15H21Br2NO/c16-13-7-4-8-14(17)15(13)19-10-9-18-11-12-5-2-1-3-6-12/h4,7-8,12,18H,1-3,5-6,9-11H2. The molecule has 1 aliphatic carbocycles. The third-order valence-corrected chi connectivity index (χ3v) is 4.85. The Kier molecular flexibility index (Phi) is 6.68. The summed E-state index contributed by atoms with van der Waals surface area (Å²) in [7, 11) is 0. The van der Waals surface area contributed by atoms with Gasteiger partial charge in [0, 0.05) is 6.54 Å². The van der Waals surface area contributed by atoms with Crippen LogP contribution < -0.4 is 10.1 Å². The second-order valence-electron chi connectivity index (χ2n) is 5.11. The number of para-hydroxylation sites is 1. The van der Waals surface area contributed by atoms with Crippen LogP contribution in [-0.4, -0.2) is 19.7 Å². The maximum atomic E-state index is 5.80. The van der Waals surface area contributed by atoms with Gasteiger partial charge >= 0.3 is 0 Å². The summed E-state index contributed by atoms with van der Waals surface area (Å²) < 4.78 is 7.79. The highest BCUT2D eigenvalue weighted by atomic mass is 79.9. The van der Waals surface area contributed by atoms with Gasteiger partial charge in [-0.2, -0.15) is 0 Å². The minimum absolute atomic E-state index is 0.702. The van der Waals surface area contributed by atoms with E-state index >= 15 is 0 Å². The van der Waals surface area contributed by atoms with E-state index in [-0.39, 0.29) is 0 Å². The van der Waals surface area contributed by atoms with Crippen molar-refractivity contribution < 1.29 is 4.74 Å². The van der Waals surface area contributed by atoms with E-state index in [1.807, 2.05) is 18.2 Å². The van der Waals surface area contributed by atoms with Crippen LogP contribution in [0.1, 0.15) is 32.1 Å². The molecule has 0 radical (unpaired) electrons. The SMILES string of the molecule is Brc1cccc(Br)c1OCCNCC1CCCCC1. The fraction of sp³-hybridized carbons (Fsp3) is 0.600. The smallest absolute Gasteiger partial charge is 0.147 e. The maximum Gasteiger partial charge on any atom is 0.147 e. The first-order valence-electron chi connectivity index (χ1n) is 7.05. The summed E-state index contributed by atoms with van der Waals surface area (Å²) in [5, 5.41) is 3.51. The van der Waals surface area contributed by atoms with Crippen LogP contribution >= 0.6 is 31.9 Å². The van der Waals surface area contributed by atoms with E-state index in [9.17, 15) is 0 Å². The first kappa shape index (κ1) is 15.3. The summed E-state index contributed by atoms with van der Waals surface area (Å²) in [6.07, 6.45) is 7.03. The molecule has 0 amide bonds. The van der Waals surface area contributed by atoms with Gasteiger partial charge in [0.15, 0.2) is 0 Å². The van der Waals surface area contributed by atoms with Gasteiger partial charge < -0.3 is 10.1 Å². The molecule has 1 fully saturated rings. The summed E-state index contributed by atoms with van der Waals surface area (Å²) in [5.74, 6) is 1.77. The molecule has 2 rings (SSSR count). The Balaban J connectivity index is 1.63. The fourth-order valence-corrected chi connectivity index (χ4v) is 3.77. The molecule has 2 nitrogen and oxygen atoms in total. The predicted octanol–water partition coefficient (Wildman–Crippen LogP) is 4.76. The lowest BCUT2D eigenvalue weighted by Crippen LogP contribution is -2.28. The maximum absolute atomic E-state index is 5.80.